The van der Waals surface area contributed by atoms with Gasteiger partial charge in [-0.05, 0) is 80.2 Å². The van der Waals surface area contributed by atoms with Gasteiger partial charge < -0.3 is 19.5 Å². The summed E-state index contributed by atoms with van der Waals surface area (Å²) in [7, 11) is -1.94. The number of nitrogens with zero attached hydrogens (tertiary/aromatic N) is 4. The van der Waals surface area contributed by atoms with Gasteiger partial charge in [0.05, 0.1) is 47.8 Å². The molecule has 13 heteroatoms. The Morgan fingerprint density at radius 2 is 1.83 bits per heavy atom. The van der Waals surface area contributed by atoms with E-state index in [0.29, 0.717) is 22.2 Å². The van der Waals surface area contributed by atoms with Gasteiger partial charge in [0.2, 0.25) is 10.0 Å². The van der Waals surface area contributed by atoms with Crippen LogP contribution < -0.4 is 19.7 Å². The number of methoxy groups -OCH3 is 1. The van der Waals surface area contributed by atoms with Crippen molar-refractivity contribution in [2.24, 2.45) is 0 Å². The van der Waals surface area contributed by atoms with Gasteiger partial charge in [-0.2, -0.15) is 0 Å². The van der Waals surface area contributed by atoms with E-state index in [1.54, 1.807) is 24.4 Å². The molecule has 0 amide bonds. The lowest BCUT2D eigenvalue weighted by atomic mass is 9.96. The van der Waals surface area contributed by atoms with Crippen LogP contribution in [0, 0.1) is 24.0 Å². The number of aromatic nitrogens is 2. The summed E-state index contributed by atoms with van der Waals surface area (Å²) in [6, 6.07) is 18.7. The van der Waals surface area contributed by atoms with Crippen LogP contribution in [0.4, 0.5) is 17.1 Å². The van der Waals surface area contributed by atoms with Crippen molar-refractivity contribution in [3.63, 3.8) is 0 Å². The highest BCUT2D eigenvalue weighted by Gasteiger charge is 2.42. The lowest BCUT2D eigenvalue weighted by Gasteiger charge is -2.28. The monoisotopic (exact) mass is 592 g/mol. The van der Waals surface area contributed by atoms with Crippen LogP contribution >= 0.6 is 12.2 Å². The molecule has 1 aliphatic rings. The second kappa shape index (κ2) is 10.8. The van der Waals surface area contributed by atoms with Crippen LogP contribution in [0.15, 0.2) is 72.9 Å². The first kappa shape index (κ1) is 28.1. The Bertz CT molecular complexity index is 1740. The van der Waals surface area contributed by atoms with E-state index in [0.717, 1.165) is 34.6 Å². The Labute approximate surface area is 243 Å². The predicted molar refractivity (Wildman–Crippen MR) is 161 cm³/mol. The first-order chi connectivity index (χ1) is 19.5. The number of hydrogen-bond acceptors (Lipinski definition) is 7. The fraction of sp³-hybridized carbons (Fsp3) is 0.214. The van der Waals surface area contributed by atoms with Crippen LogP contribution in [0.1, 0.15) is 34.7 Å². The summed E-state index contributed by atoms with van der Waals surface area (Å²) in [5, 5.41) is 15.3. The highest BCUT2D eigenvalue weighted by molar-refractivity contribution is 7.92. The minimum Gasteiger partial charge on any atom is -0.494 e. The van der Waals surface area contributed by atoms with E-state index in [2.05, 4.69) is 21.1 Å². The first-order valence-corrected chi connectivity index (χ1v) is 14.9. The van der Waals surface area contributed by atoms with Crippen molar-refractivity contribution < 1.29 is 18.1 Å². The molecule has 2 N–H and O–H groups in total. The zero-order valence-corrected chi connectivity index (χ0v) is 24.4. The van der Waals surface area contributed by atoms with Crippen LogP contribution in [-0.4, -0.2) is 41.4 Å². The van der Waals surface area contributed by atoms with E-state index >= 15 is 0 Å². The number of ether oxygens (including phenoxy) is 1. The standard InChI is InChI=1S/C28H28N6O5S2/c1-17-15-22(18(2)32(17)24-13-12-21(34(35)36)16-25(24)39-3)27-26(23-7-5-6-14-29-23)30-28(40)33(27)20-10-8-19(9-11-20)31-41(4,37)38/h5-16,26-27,31H,1-4H3,(H,30,40)/t26-,27-/m0/s1. The van der Waals surface area contributed by atoms with Gasteiger partial charge in [-0.15, -0.1) is 0 Å². The molecule has 0 aliphatic carbocycles. The zero-order chi connectivity index (χ0) is 29.5. The molecule has 0 saturated carbocycles. The molecule has 2 aromatic heterocycles. The van der Waals surface area contributed by atoms with Gasteiger partial charge in [0.15, 0.2) is 5.11 Å². The second-order valence-corrected chi connectivity index (χ2v) is 11.8. The van der Waals surface area contributed by atoms with E-state index in [1.165, 1.54) is 19.2 Å². The molecule has 3 heterocycles. The molecule has 1 aliphatic heterocycles. The molecule has 0 radical (unpaired) electrons. The molecule has 212 valence electrons. The summed E-state index contributed by atoms with van der Waals surface area (Å²) in [6.07, 6.45) is 2.83. The van der Waals surface area contributed by atoms with Crippen molar-refractivity contribution in [3.8, 4) is 11.4 Å². The van der Waals surface area contributed by atoms with Crippen molar-refractivity contribution in [3.05, 3.63) is 106 Å². The van der Waals surface area contributed by atoms with Crippen LogP contribution in [0.2, 0.25) is 0 Å². The summed E-state index contributed by atoms with van der Waals surface area (Å²) >= 11 is 5.84. The van der Waals surface area contributed by atoms with Crippen molar-refractivity contribution in [1.82, 2.24) is 14.9 Å². The normalized spacial score (nSPS) is 16.9. The number of anilines is 2. The summed E-state index contributed by atoms with van der Waals surface area (Å²) in [5.74, 6) is 0.375. The largest absolute Gasteiger partial charge is 0.494 e. The number of rotatable bonds is 8. The molecule has 0 spiro atoms. The third kappa shape index (κ3) is 5.45. The number of nitro groups is 1. The first-order valence-electron chi connectivity index (χ1n) is 12.6. The number of hydrogen-bond donors (Lipinski definition) is 2. The fourth-order valence-electron chi connectivity index (χ4n) is 5.28. The maximum Gasteiger partial charge on any atom is 0.273 e. The number of nitrogens with one attached hydrogen (secondary N) is 2. The predicted octanol–water partition coefficient (Wildman–Crippen LogP) is 4.95. The molecule has 0 unspecified atom stereocenters. The van der Waals surface area contributed by atoms with Crippen LogP contribution in [0.5, 0.6) is 5.75 Å². The highest BCUT2D eigenvalue weighted by Crippen LogP contribution is 2.44. The number of sulfonamides is 1. The van der Waals surface area contributed by atoms with E-state index < -0.39 is 14.9 Å². The van der Waals surface area contributed by atoms with Gasteiger partial charge in [-0.1, -0.05) is 6.07 Å². The Morgan fingerprint density at radius 1 is 1.10 bits per heavy atom. The summed E-state index contributed by atoms with van der Waals surface area (Å²) in [5.41, 5.74) is 5.37. The van der Waals surface area contributed by atoms with Crippen LogP contribution in [0.3, 0.4) is 0 Å². The van der Waals surface area contributed by atoms with E-state index in [9.17, 15) is 18.5 Å². The maximum absolute atomic E-state index is 11.7. The second-order valence-electron chi connectivity index (χ2n) is 9.69. The van der Waals surface area contributed by atoms with Crippen LogP contribution in [-0.2, 0) is 10.0 Å². The van der Waals surface area contributed by atoms with E-state index in [4.69, 9.17) is 17.0 Å². The van der Waals surface area contributed by atoms with Gasteiger partial charge in [-0.25, -0.2) is 8.42 Å². The zero-order valence-electron chi connectivity index (χ0n) is 22.7. The Morgan fingerprint density at radius 3 is 2.44 bits per heavy atom. The quantitative estimate of drug-likeness (QED) is 0.166. The maximum atomic E-state index is 11.7. The number of thiocarbonyl (C=S) groups is 1. The van der Waals surface area contributed by atoms with Gasteiger partial charge in [-0.3, -0.25) is 19.8 Å². The average molecular weight is 593 g/mol. The summed E-state index contributed by atoms with van der Waals surface area (Å²) in [4.78, 5) is 17.5. The summed E-state index contributed by atoms with van der Waals surface area (Å²) in [6.45, 7) is 3.95. The number of nitro benzene ring substituents is 1. The van der Waals surface area contributed by atoms with Gasteiger partial charge in [0.25, 0.3) is 5.69 Å². The molecule has 1 fully saturated rings. The van der Waals surface area contributed by atoms with Gasteiger partial charge in [0.1, 0.15) is 5.75 Å². The van der Waals surface area contributed by atoms with Gasteiger partial charge >= 0.3 is 0 Å². The topological polar surface area (TPSA) is 132 Å². The van der Waals surface area contributed by atoms with Crippen molar-refractivity contribution in [1.29, 1.82) is 0 Å². The summed E-state index contributed by atoms with van der Waals surface area (Å²) < 4.78 is 33.5. The third-order valence-corrected chi connectivity index (χ3v) is 7.87. The molecule has 41 heavy (non-hydrogen) atoms. The SMILES string of the molecule is COc1cc([N+](=O)[O-])ccc1-n1c(C)cc([C@H]2[C@H](c3ccccn3)NC(=S)N2c2ccc(NS(C)(=O)=O)cc2)c1C. The van der Waals surface area contributed by atoms with E-state index in [1.807, 2.05) is 53.6 Å². The molecule has 2 aromatic carbocycles. The van der Waals surface area contributed by atoms with Crippen molar-refractivity contribution in [2.75, 3.05) is 23.0 Å². The fourth-order valence-corrected chi connectivity index (χ4v) is 6.19. The molecular formula is C28H28N6O5S2. The molecule has 4 aromatic rings. The molecular weight excluding hydrogens is 564 g/mol. The number of non-ortho nitro benzene ring substituents is 1. The molecule has 1 saturated heterocycles. The lowest BCUT2D eigenvalue weighted by molar-refractivity contribution is -0.384. The minimum atomic E-state index is -3.43. The third-order valence-electron chi connectivity index (χ3n) is 6.95. The van der Waals surface area contributed by atoms with Gasteiger partial charge in [0, 0.05) is 35.0 Å². The number of benzene rings is 2. The Kier molecular flexibility index (Phi) is 7.41. The molecule has 2 atom stereocenters. The number of aryl methyl sites for hydroxylation is 1. The number of pyridine rings is 1. The lowest BCUT2D eigenvalue weighted by Crippen LogP contribution is -2.29. The van der Waals surface area contributed by atoms with Crippen molar-refractivity contribution in [2.45, 2.75) is 25.9 Å². The highest BCUT2D eigenvalue weighted by atomic mass is 32.2. The minimum absolute atomic E-state index is 0.0613. The average Bonchev–Trinajstić information content (AvgIpc) is 3.43. The van der Waals surface area contributed by atoms with Crippen LogP contribution in [0.25, 0.3) is 5.69 Å². The molecule has 0 bridgehead atoms. The van der Waals surface area contributed by atoms with E-state index in [-0.39, 0.29) is 17.8 Å². The molecule has 11 nitrogen and oxygen atoms in total. The van der Waals surface area contributed by atoms with Crippen molar-refractivity contribution >= 4 is 44.4 Å². The smallest absolute Gasteiger partial charge is 0.273 e. The molecule has 5 rings (SSSR count). The Hall–Kier alpha value is -4.49. The Balaban J connectivity index is 1.64.